The Morgan fingerprint density at radius 3 is 2.14 bits per heavy atom. The number of nitrogens with one attached hydrogen (secondary N) is 5. The van der Waals surface area contributed by atoms with E-state index in [1.807, 2.05) is 48.5 Å². The number of hydrogen-bond donors (Lipinski definition) is 5. The highest BCUT2D eigenvalue weighted by Crippen LogP contribution is 2.30. The van der Waals surface area contributed by atoms with Crippen LogP contribution in [0.25, 0.3) is 11.4 Å². The average molecular weight is 661 g/mol. The molecular formula is C36H40N10O3. The van der Waals surface area contributed by atoms with Gasteiger partial charge in [0, 0.05) is 80.0 Å². The van der Waals surface area contributed by atoms with Crippen LogP contribution < -0.4 is 26.2 Å². The molecule has 0 spiro atoms. The molecule has 0 bridgehead atoms. The molecule has 4 heterocycles. The number of nitrogens with zero attached hydrogens (tertiary/aromatic N) is 5. The number of urea groups is 1. The SMILES string of the molecule is C=CC(=O)Nc1ccc(CN2CCC(Nc3nc(-c4ccc(NC(=O)Nc5ccncc5)cc4)nc(N4CCOCC4)c3C=N)CC2)cc1. The van der Waals surface area contributed by atoms with Gasteiger partial charge in [0.2, 0.25) is 5.91 Å². The minimum Gasteiger partial charge on any atom is -0.378 e. The van der Waals surface area contributed by atoms with Gasteiger partial charge in [-0.05, 0) is 73.0 Å². The fourth-order valence-corrected chi connectivity index (χ4v) is 5.85. The van der Waals surface area contributed by atoms with Gasteiger partial charge in [-0.1, -0.05) is 18.7 Å². The lowest BCUT2D eigenvalue weighted by Crippen LogP contribution is -2.40. The molecule has 0 unspecified atom stereocenters. The third-order valence-electron chi connectivity index (χ3n) is 8.46. The van der Waals surface area contributed by atoms with E-state index in [-0.39, 0.29) is 18.0 Å². The van der Waals surface area contributed by atoms with Crippen LogP contribution in [0.2, 0.25) is 0 Å². The van der Waals surface area contributed by atoms with Gasteiger partial charge >= 0.3 is 6.03 Å². The van der Waals surface area contributed by atoms with Crippen LogP contribution >= 0.6 is 0 Å². The molecule has 2 aliphatic heterocycles. The first-order valence-corrected chi connectivity index (χ1v) is 16.3. The first-order valence-electron chi connectivity index (χ1n) is 16.3. The summed E-state index contributed by atoms with van der Waals surface area (Å²) >= 11 is 0. The number of ether oxygens (including phenoxy) is 1. The van der Waals surface area contributed by atoms with Crippen molar-refractivity contribution >= 4 is 46.9 Å². The lowest BCUT2D eigenvalue weighted by molar-refractivity contribution is -0.111. The van der Waals surface area contributed by atoms with Crippen molar-refractivity contribution in [3.05, 3.63) is 96.8 Å². The zero-order valence-electron chi connectivity index (χ0n) is 27.2. The number of likely N-dealkylation sites (tertiary alicyclic amines) is 1. The lowest BCUT2D eigenvalue weighted by atomic mass is 10.0. The summed E-state index contributed by atoms with van der Waals surface area (Å²) in [6.45, 7) is 8.66. The third-order valence-corrected chi connectivity index (χ3v) is 8.46. The van der Waals surface area contributed by atoms with Crippen molar-refractivity contribution in [2.24, 2.45) is 0 Å². The molecule has 2 fully saturated rings. The number of aromatic nitrogens is 3. The van der Waals surface area contributed by atoms with E-state index in [2.05, 4.69) is 42.6 Å². The maximum Gasteiger partial charge on any atom is 0.323 e. The van der Waals surface area contributed by atoms with Crippen LogP contribution in [0.1, 0.15) is 24.0 Å². The second-order valence-electron chi connectivity index (χ2n) is 11.9. The summed E-state index contributed by atoms with van der Waals surface area (Å²) in [7, 11) is 0. The smallest absolute Gasteiger partial charge is 0.323 e. The third kappa shape index (κ3) is 8.83. The zero-order valence-corrected chi connectivity index (χ0v) is 27.2. The molecule has 6 rings (SSSR count). The van der Waals surface area contributed by atoms with Gasteiger partial charge in [0.15, 0.2) is 5.82 Å². The van der Waals surface area contributed by atoms with Gasteiger partial charge in [-0.25, -0.2) is 14.8 Å². The Bertz CT molecular complexity index is 1750. The topological polar surface area (TPSA) is 160 Å². The summed E-state index contributed by atoms with van der Waals surface area (Å²) < 4.78 is 5.60. The Kier molecular flexibility index (Phi) is 10.8. The molecule has 0 radical (unpaired) electrons. The number of carbonyl (C=O) groups is 2. The van der Waals surface area contributed by atoms with Crippen LogP contribution in [0.15, 0.2) is 85.7 Å². The van der Waals surface area contributed by atoms with E-state index in [4.69, 9.17) is 20.1 Å². The normalized spacial score (nSPS) is 15.2. The number of amides is 3. The van der Waals surface area contributed by atoms with Gasteiger partial charge < -0.3 is 36.3 Å². The number of morpholine rings is 1. The monoisotopic (exact) mass is 660 g/mol. The van der Waals surface area contributed by atoms with E-state index in [1.165, 1.54) is 17.9 Å². The van der Waals surface area contributed by atoms with Gasteiger partial charge in [0.05, 0.1) is 18.8 Å². The van der Waals surface area contributed by atoms with Crippen LogP contribution in [0.5, 0.6) is 0 Å². The molecule has 5 N–H and O–H groups in total. The Hall–Kier alpha value is -5.66. The summed E-state index contributed by atoms with van der Waals surface area (Å²) in [5, 5.41) is 20.4. The van der Waals surface area contributed by atoms with Crippen LogP contribution in [0.4, 0.5) is 33.5 Å². The maximum atomic E-state index is 12.5. The second kappa shape index (κ2) is 16.0. The molecule has 0 saturated carbocycles. The Morgan fingerprint density at radius 1 is 0.857 bits per heavy atom. The van der Waals surface area contributed by atoms with Crippen molar-refractivity contribution < 1.29 is 14.3 Å². The Labute approximate surface area is 285 Å². The maximum absolute atomic E-state index is 12.5. The minimum atomic E-state index is -0.357. The summed E-state index contributed by atoms with van der Waals surface area (Å²) in [5.74, 6) is 1.65. The minimum absolute atomic E-state index is 0.178. The lowest BCUT2D eigenvalue weighted by Gasteiger charge is -2.34. The fraction of sp³-hybridized carbons (Fsp3) is 0.278. The first kappa shape index (κ1) is 33.2. The van der Waals surface area contributed by atoms with Crippen LogP contribution in [-0.2, 0) is 16.1 Å². The largest absolute Gasteiger partial charge is 0.378 e. The summed E-state index contributed by atoms with van der Waals surface area (Å²) in [5.41, 5.74) is 4.64. The zero-order chi connectivity index (χ0) is 34.0. The molecule has 2 aromatic heterocycles. The van der Waals surface area contributed by atoms with Crippen molar-refractivity contribution in [3.8, 4) is 11.4 Å². The van der Waals surface area contributed by atoms with Gasteiger partial charge in [-0.15, -0.1) is 0 Å². The van der Waals surface area contributed by atoms with Crippen molar-refractivity contribution in [1.29, 1.82) is 5.41 Å². The number of hydrogen-bond acceptors (Lipinski definition) is 10. The molecule has 0 atom stereocenters. The molecule has 13 heteroatoms. The fourth-order valence-electron chi connectivity index (χ4n) is 5.85. The molecule has 252 valence electrons. The molecule has 13 nitrogen and oxygen atoms in total. The van der Waals surface area contributed by atoms with Gasteiger partial charge in [-0.2, -0.15) is 0 Å². The van der Waals surface area contributed by atoms with Crippen molar-refractivity contribution in [3.63, 3.8) is 0 Å². The van der Waals surface area contributed by atoms with E-state index < -0.39 is 0 Å². The van der Waals surface area contributed by atoms with E-state index in [0.717, 1.165) is 43.7 Å². The van der Waals surface area contributed by atoms with E-state index in [0.29, 0.717) is 60.7 Å². The van der Waals surface area contributed by atoms with Gasteiger partial charge in [0.1, 0.15) is 11.6 Å². The first-order chi connectivity index (χ1) is 24.0. The second-order valence-corrected chi connectivity index (χ2v) is 11.9. The van der Waals surface area contributed by atoms with E-state index >= 15 is 0 Å². The molecule has 3 amide bonds. The molecule has 0 aliphatic carbocycles. The van der Waals surface area contributed by atoms with Crippen molar-refractivity contribution in [1.82, 2.24) is 19.9 Å². The number of pyridine rings is 1. The molecule has 49 heavy (non-hydrogen) atoms. The van der Waals surface area contributed by atoms with Crippen LogP contribution in [0.3, 0.4) is 0 Å². The highest BCUT2D eigenvalue weighted by Gasteiger charge is 2.25. The predicted octanol–water partition coefficient (Wildman–Crippen LogP) is 5.22. The highest BCUT2D eigenvalue weighted by atomic mass is 16.5. The number of anilines is 5. The quantitative estimate of drug-likeness (QED) is 0.107. The number of carbonyl (C=O) groups excluding carboxylic acids is 2. The van der Waals surface area contributed by atoms with Crippen molar-refractivity contribution in [2.75, 3.05) is 65.6 Å². The number of rotatable bonds is 11. The van der Waals surface area contributed by atoms with Gasteiger partial charge in [0.25, 0.3) is 0 Å². The summed E-state index contributed by atoms with van der Waals surface area (Å²) in [4.78, 5) is 42.5. The van der Waals surface area contributed by atoms with Crippen molar-refractivity contribution in [2.45, 2.75) is 25.4 Å². The van der Waals surface area contributed by atoms with Crippen LogP contribution in [-0.4, -0.2) is 83.4 Å². The summed E-state index contributed by atoms with van der Waals surface area (Å²) in [6.07, 6.45) is 7.65. The number of piperidine rings is 1. The molecule has 4 aromatic rings. The number of benzene rings is 2. The highest BCUT2D eigenvalue weighted by molar-refractivity contribution is 6.00. The Balaban J connectivity index is 1.14. The predicted molar refractivity (Wildman–Crippen MR) is 192 cm³/mol. The van der Waals surface area contributed by atoms with Crippen LogP contribution in [0, 0.1) is 5.41 Å². The molecule has 2 aliphatic rings. The molecular weight excluding hydrogens is 620 g/mol. The average Bonchev–Trinajstić information content (AvgIpc) is 3.14. The van der Waals surface area contributed by atoms with E-state index in [9.17, 15) is 9.59 Å². The molecule has 2 aromatic carbocycles. The molecule has 2 saturated heterocycles. The standard InChI is InChI=1S/C36H40N10O3/c1-2-32(47)39-27-7-3-25(4-8-27)24-45-17-13-30(14-18-45)40-34-31(23-37)35(46-19-21-49-22-20-46)44-33(43-34)26-5-9-28(10-6-26)41-36(48)42-29-11-15-38-16-12-29/h2-12,15-16,23,30,37H,1,13-14,17-22,24H2,(H,39,47)(H,40,43,44)(H2,38,41,42,48). The van der Waals surface area contributed by atoms with Gasteiger partial charge in [-0.3, -0.25) is 14.7 Å². The Morgan fingerprint density at radius 2 is 1.49 bits per heavy atom. The summed E-state index contributed by atoms with van der Waals surface area (Å²) in [6, 6.07) is 18.5. The van der Waals surface area contributed by atoms with E-state index in [1.54, 1.807) is 24.5 Å².